The van der Waals surface area contributed by atoms with Crippen LogP contribution >= 0.6 is 11.6 Å². The number of hydrogen-bond acceptors (Lipinski definition) is 4. The number of rotatable bonds is 6. The molecule has 0 aliphatic carbocycles. The summed E-state index contributed by atoms with van der Waals surface area (Å²) in [7, 11) is -3.67. The SMILES string of the molecule is CCC(C(=O)Nc1cccnc1)N(c1ccc(Cl)cc1)S(C)(=O)=O. The van der Waals surface area contributed by atoms with Crippen LogP contribution in [0.5, 0.6) is 0 Å². The fourth-order valence-corrected chi connectivity index (χ4v) is 3.65. The number of nitrogens with zero attached hydrogens (tertiary/aromatic N) is 2. The van der Waals surface area contributed by atoms with Gasteiger partial charge in [-0.15, -0.1) is 0 Å². The summed E-state index contributed by atoms with van der Waals surface area (Å²) < 4.78 is 25.7. The molecule has 0 aliphatic rings. The maximum absolute atomic E-state index is 12.6. The average Bonchev–Trinajstić information content (AvgIpc) is 2.53. The predicted octanol–water partition coefficient (Wildman–Crippen LogP) is 2.92. The van der Waals surface area contributed by atoms with Gasteiger partial charge in [-0.3, -0.25) is 14.1 Å². The van der Waals surface area contributed by atoms with Crippen molar-refractivity contribution in [2.45, 2.75) is 19.4 Å². The number of carbonyl (C=O) groups excluding carboxylic acids is 1. The summed E-state index contributed by atoms with van der Waals surface area (Å²) in [6.07, 6.45) is 4.46. The van der Waals surface area contributed by atoms with Crippen LogP contribution in [0.3, 0.4) is 0 Å². The number of aromatic nitrogens is 1. The van der Waals surface area contributed by atoms with Gasteiger partial charge < -0.3 is 5.32 Å². The molecule has 128 valence electrons. The van der Waals surface area contributed by atoms with Crippen molar-refractivity contribution in [2.75, 3.05) is 15.9 Å². The molecule has 1 aromatic carbocycles. The van der Waals surface area contributed by atoms with Crippen molar-refractivity contribution in [3.05, 3.63) is 53.8 Å². The van der Waals surface area contributed by atoms with E-state index in [1.807, 2.05) is 0 Å². The lowest BCUT2D eigenvalue weighted by atomic mass is 10.2. The Morgan fingerprint density at radius 2 is 1.96 bits per heavy atom. The molecule has 0 aliphatic heterocycles. The predicted molar refractivity (Wildman–Crippen MR) is 95.7 cm³/mol. The van der Waals surface area contributed by atoms with E-state index in [-0.39, 0.29) is 0 Å². The maximum atomic E-state index is 12.6. The molecule has 1 heterocycles. The molecule has 1 N–H and O–H groups in total. The second kappa shape index (κ2) is 7.63. The Labute approximate surface area is 146 Å². The number of halogens is 1. The van der Waals surface area contributed by atoms with E-state index in [0.717, 1.165) is 10.6 Å². The highest BCUT2D eigenvalue weighted by Gasteiger charge is 2.31. The van der Waals surface area contributed by atoms with Gasteiger partial charge >= 0.3 is 0 Å². The minimum Gasteiger partial charge on any atom is -0.323 e. The fourth-order valence-electron chi connectivity index (χ4n) is 2.31. The smallest absolute Gasteiger partial charge is 0.248 e. The van der Waals surface area contributed by atoms with Crippen LogP contribution < -0.4 is 9.62 Å². The van der Waals surface area contributed by atoms with E-state index in [4.69, 9.17) is 11.6 Å². The van der Waals surface area contributed by atoms with Crippen LogP contribution in [0.4, 0.5) is 11.4 Å². The van der Waals surface area contributed by atoms with E-state index in [0.29, 0.717) is 22.8 Å². The number of amides is 1. The zero-order valence-corrected chi connectivity index (χ0v) is 14.9. The van der Waals surface area contributed by atoms with Crippen LogP contribution in [0.15, 0.2) is 48.8 Å². The number of nitrogens with one attached hydrogen (secondary N) is 1. The van der Waals surface area contributed by atoms with E-state index in [1.165, 1.54) is 6.20 Å². The first-order valence-electron chi connectivity index (χ1n) is 7.28. The number of hydrogen-bond donors (Lipinski definition) is 1. The number of carbonyl (C=O) groups is 1. The summed E-state index contributed by atoms with van der Waals surface area (Å²) in [5.74, 6) is -0.425. The highest BCUT2D eigenvalue weighted by atomic mass is 35.5. The molecule has 0 bridgehead atoms. The topological polar surface area (TPSA) is 79.4 Å². The maximum Gasteiger partial charge on any atom is 0.248 e. The third-order valence-electron chi connectivity index (χ3n) is 3.34. The molecule has 8 heteroatoms. The Balaban J connectivity index is 2.35. The van der Waals surface area contributed by atoms with E-state index >= 15 is 0 Å². The molecule has 6 nitrogen and oxygen atoms in total. The summed E-state index contributed by atoms with van der Waals surface area (Å²) >= 11 is 5.86. The highest BCUT2D eigenvalue weighted by molar-refractivity contribution is 7.92. The van der Waals surface area contributed by atoms with E-state index in [2.05, 4.69) is 10.3 Å². The minimum atomic E-state index is -3.67. The second-order valence-electron chi connectivity index (χ2n) is 5.19. The molecular weight excluding hydrogens is 350 g/mol. The van der Waals surface area contributed by atoms with Crippen LogP contribution in [0.2, 0.25) is 5.02 Å². The Kier molecular flexibility index (Phi) is 5.80. The molecule has 0 spiro atoms. The summed E-state index contributed by atoms with van der Waals surface area (Å²) in [5.41, 5.74) is 0.889. The highest BCUT2D eigenvalue weighted by Crippen LogP contribution is 2.25. The van der Waals surface area contributed by atoms with Crippen molar-refractivity contribution < 1.29 is 13.2 Å². The van der Waals surface area contributed by atoms with Crippen LogP contribution in [-0.2, 0) is 14.8 Å². The molecular formula is C16H18ClN3O3S. The Bertz CT molecular complexity index is 795. The van der Waals surface area contributed by atoms with Crippen molar-refractivity contribution in [3.8, 4) is 0 Å². The monoisotopic (exact) mass is 367 g/mol. The fraction of sp³-hybridized carbons (Fsp3) is 0.250. The van der Waals surface area contributed by atoms with E-state index < -0.39 is 22.0 Å². The molecule has 2 rings (SSSR count). The van der Waals surface area contributed by atoms with Gasteiger partial charge in [-0.1, -0.05) is 18.5 Å². The minimum absolute atomic E-state index is 0.307. The van der Waals surface area contributed by atoms with Gasteiger partial charge in [0, 0.05) is 11.2 Å². The van der Waals surface area contributed by atoms with Crippen molar-refractivity contribution >= 4 is 38.9 Å². The van der Waals surface area contributed by atoms with Gasteiger partial charge in [0.25, 0.3) is 0 Å². The molecule has 1 amide bonds. The molecule has 1 aromatic heterocycles. The van der Waals surface area contributed by atoms with Gasteiger partial charge in [0.05, 0.1) is 23.8 Å². The molecule has 2 aromatic rings. The van der Waals surface area contributed by atoms with Crippen molar-refractivity contribution in [3.63, 3.8) is 0 Å². The number of sulfonamides is 1. The normalized spacial score (nSPS) is 12.5. The van der Waals surface area contributed by atoms with Crippen LogP contribution in [0.25, 0.3) is 0 Å². The van der Waals surface area contributed by atoms with Gasteiger partial charge in [0.2, 0.25) is 15.9 Å². The van der Waals surface area contributed by atoms with Gasteiger partial charge in [0.15, 0.2) is 0 Å². The van der Waals surface area contributed by atoms with Crippen LogP contribution in [0, 0.1) is 0 Å². The standard InChI is InChI=1S/C16H18ClN3O3S/c1-3-15(16(21)19-13-5-4-10-18-11-13)20(24(2,22)23)14-8-6-12(17)7-9-14/h4-11,15H,3H2,1-2H3,(H,19,21). The number of anilines is 2. The van der Waals surface area contributed by atoms with Crippen molar-refractivity contribution in [2.24, 2.45) is 0 Å². The largest absolute Gasteiger partial charge is 0.323 e. The zero-order chi connectivity index (χ0) is 17.7. The van der Waals surface area contributed by atoms with Crippen LogP contribution in [0.1, 0.15) is 13.3 Å². The third kappa shape index (κ3) is 4.46. The average molecular weight is 368 g/mol. The van der Waals surface area contributed by atoms with Gasteiger partial charge in [-0.25, -0.2) is 8.42 Å². The Morgan fingerprint density at radius 1 is 1.29 bits per heavy atom. The summed E-state index contributed by atoms with van der Waals surface area (Å²) in [6, 6.07) is 8.80. The quantitative estimate of drug-likeness (QED) is 0.851. The molecule has 1 atom stereocenters. The molecule has 0 fully saturated rings. The summed E-state index contributed by atoms with van der Waals surface area (Å²) in [4.78, 5) is 16.5. The van der Waals surface area contributed by atoms with E-state index in [9.17, 15) is 13.2 Å². The lowest BCUT2D eigenvalue weighted by Crippen LogP contribution is -2.47. The zero-order valence-electron chi connectivity index (χ0n) is 13.3. The number of pyridine rings is 1. The molecule has 0 saturated heterocycles. The summed E-state index contributed by atoms with van der Waals surface area (Å²) in [6.45, 7) is 1.75. The Hall–Kier alpha value is -2.12. The first-order chi connectivity index (χ1) is 11.3. The van der Waals surface area contributed by atoms with Crippen molar-refractivity contribution in [1.29, 1.82) is 0 Å². The second-order valence-corrected chi connectivity index (χ2v) is 7.49. The number of benzene rings is 1. The lowest BCUT2D eigenvalue weighted by Gasteiger charge is -2.30. The molecule has 0 saturated carbocycles. The molecule has 24 heavy (non-hydrogen) atoms. The molecule has 0 radical (unpaired) electrons. The van der Waals surface area contributed by atoms with E-state index in [1.54, 1.807) is 49.5 Å². The first kappa shape index (κ1) is 18.2. The van der Waals surface area contributed by atoms with Gasteiger partial charge in [-0.05, 0) is 42.8 Å². The lowest BCUT2D eigenvalue weighted by molar-refractivity contribution is -0.117. The molecule has 1 unspecified atom stereocenters. The van der Waals surface area contributed by atoms with Crippen molar-refractivity contribution in [1.82, 2.24) is 4.98 Å². The Morgan fingerprint density at radius 3 is 2.46 bits per heavy atom. The summed E-state index contributed by atoms with van der Waals surface area (Å²) in [5, 5.41) is 3.18. The van der Waals surface area contributed by atoms with Gasteiger partial charge in [-0.2, -0.15) is 0 Å². The first-order valence-corrected chi connectivity index (χ1v) is 9.51. The van der Waals surface area contributed by atoms with Crippen LogP contribution in [-0.4, -0.2) is 31.6 Å². The third-order valence-corrected chi connectivity index (χ3v) is 4.77. The van der Waals surface area contributed by atoms with Gasteiger partial charge in [0.1, 0.15) is 6.04 Å².